The Morgan fingerprint density at radius 1 is 1.14 bits per heavy atom. The Morgan fingerprint density at radius 2 is 2.00 bits per heavy atom. The third-order valence-electron chi connectivity index (χ3n) is 6.25. The molecule has 3 heterocycles. The van der Waals surface area contributed by atoms with Crippen molar-refractivity contribution < 1.29 is 4.79 Å². The Hall–Kier alpha value is -4.03. The molecule has 5 rings (SSSR count). The van der Waals surface area contributed by atoms with Gasteiger partial charge in [-0.3, -0.25) is 4.79 Å². The van der Waals surface area contributed by atoms with E-state index in [1.54, 1.807) is 6.07 Å². The third kappa shape index (κ3) is 4.93. The van der Waals surface area contributed by atoms with E-state index in [2.05, 4.69) is 54.4 Å². The van der Waals surface area contributed by atoms with Gasteiger partial charge in [0.05, 0.1) is 17.2 Å². The van der Waals surface area contributed by atoms with Crippen LogP contribution in [0.5, 0.6) is 0 Å². The molecule has 35 heavy (non-hydrogen) atoms. The quantitative estimate of drug-likeness (QED) is 0.413. The number of hydrogen-bond donors (Lipinski definition) is 4. The minimum Gasteiger partial charge on any atom is -0.350 e. The van der Waals surface area contributed by atoms with Crippen LogP contribution < -0.4 is 21.3 Å². The van der Waals surface area contributed by atoms with Crippen LogP contribution >= 0.6 is 0 Å². The molecule has 0 saturated heterocycles. The van der Waals surface area contributed by atoms with Crippen molar-refractivity contribution in [3.05, 3.63) is 65.0 Å². The number of carbonyl (C=O) groups is 1. The molecule has 0 bridgehead atoms. The van der Waals surface area contributed by atoms with Crippen molar-refractivity contribution in [1.82, 2.24) is 25.6 Å². The summed E-state index contributed by atoms with van der Waals surface area (Å²) in [6.07, 6.45) is 4.13. The van der Waals surface area contributed by atoms with Crippen LogP contribution in [0.1, 0.15) is 53.9 Å². The number of anilines is 4. The molecule has 0 spiro atoms. The van der Waals surface area contributed by atoms with Crippen LogP contribution in [0.3, 0.4) is 0 Å². The fraction of sp³-hybridized carbons (Fsp3) is 0.346. The van der Waals surface area contributed by atoms with Gasteiger partial charge in [-0.05, 0) is 75.0 Å². The standard InChI is InChI=1S/C26H28N8O/c1-16(2)30-24(35)20-14-29-25(31-19-7-6-17-8-11-28-13-18(17)12-19)34-23(20)33-22-5-3-4-21(32-22)26(15-27)9-10-26/h3-7,12,14,16,28H,8-11,13H2,1-2H3,(H,30,35)(H2,29,31,32,33,34). The molecule has 178 valence electrons. The monoisotopic (exact) mass is 468 g/mol. The third-order valence-corrected chi connectivity index (χ3v) is 6.25. The van der Waals surface area contributed by atoms with Crippen LogP contribution in [-0.2, 0) is 18.4 Å². The summed E-state index contributed by atoms with van der Waals surface area (Å²) in [6, 6.07) is 14.1. The molecule has 3 aromatic rings. The summed E-state index contributed by atoms with van der Waals surface area (Å²) in [5.41, 5.74) is 4.01. The zero-order chi connectivity index (χ0) is 24.4. The summed E-state index contributed by atoms with van der Waals surface area (Å²) in [6.45, 7) is 5.62. The lowest BCUT2D eigenvalue weighted by Crippen LogP contribution is -2.31. The van der Waals surface area contributed by atoms with Crippen LogP contribution in [0.4, 0.5) is 23.3 Å². The zero-order valence-corrected chi connectivity index (χ0v) is 19.9. The summed E-state index contributed by atoms with van der Waals surface area (Å²) in [7, 11) is 0. The van der Waals surface area contributed by atoms with Gasteiger partial charge in [-0.25, -0.2) is 9.97 Å². The lowest BCUT2D eigenvalue weighted by Gasteiger charge is -2.18. The normalized spacial score (nSPS) is 15.6. The molecule has 2 aromatic heterocycles. The van der Waals surface area contributed by atoms with Crippen LogP contribution in [0, 0.1) is 11.3 Å². The predicted molar refractivity (Wildman–Crippen MR) is 134 cm³/mol. The van der Waals surface area contributed by atoms with E-state index in [4.69, 9.17) is 0 Å². The van der Waals surface area contributed by atoms with E-state index in [1.165, 1.54) is 17.3 Å². The lowest BCUT2D eigenvalue weighted by atomic mass is 10.0. The highest BCUT2D eigenvalue weighted by Gasteiger charge is 2.46. The van der Waals surface area contributed by atoms with Crippen LogP contribution in [0.2, 0.25) is 0 Å². The molecule has 0 radical (unpaired) electrons. The number of fused-ring (bicyclic) bond motifs is 1. The second kappa shape index (κ2) is 9.31. The summed E-state index contributed by atoms with van der Waals surface area (Å²) in [4.78, 5) is 26.5. The zero-order valence-electron chi connectivity index (χ0n) is 19.9. The predicted octanol–water partition coefficient (Wildman–Crippen LogP) is 3.70. The summed E-state index contributed by atoms with van der Waals surface area (Å²) >= 11 is 0. The number of pyridine rings is 1. The Labute approximate surface area is 204 Å². The van der Waals surface area contributed by atoms with Crippen LogP contribution in [0.15, 0.2) is 42.6 Å². The summed E-state index contributed by atoms with van der Waals surface area (Å²) < 4.78 is 0. The number of nitrogens with zero attached hydrogens (tertiary/aromatic N) is 4. The molecule has 1 aliphatic carbocycles. The molecule has 2 aliphatic rings. The SMILES string of the molecule is CC(C)NC(=O)c1cnc(Nc2ccc3c(c2)CNCC3)nc1Nc1cccc(C2(C#N)CC2)n1. The van der Waals surface area contributed by atoms with Gasteiger partial charge in [0, 0.05) is 24.5 Å². The smallest absolute Gasteiger partial charge is 0.256 e. The number of rotatable bonds is 7. The van der Waals surface area contributed by atoms with Crippen LogP contribution in [0.25, 0.3) is 0 Å². The molecule has 0 atom stereocenters. The van der Waals surface area contributed by atoms with Crippen molar-refractivity contribution in [2.75, 3.05) is 17.2 Å². The first-order valence-electron chi connectivity index (χ1n) is 11.9. The Kier molecular flexibility index (Phi) is 6.05. The number of benzene rings is 1. The molecule has 1 aromatic carbocycles. The van der Waals surface area contributed by atoms with E-state index in [0.717, 1.165) is 43.7 Å². The van der Waals surface area contributed by atoms with Gasteiger partial charge < -0.3 is 21.3 Å². The first-order chi connectivity index (χ1) is 17.0. The minimum absolute atomic E-state index is 0.0379. The summed E-state index contributed by atoms with van der Waals surface area (Å²) in [5.74, 6) is 0.948. The van der Waals surface area contributed by atoms with Gasteiger partial charge in [0.25, 0.3) is 5.91 Å². The maximum Gasteiger partial charge on any atom is 0.256 e. The van der Waals surface area contributed by atoms with Gasteiger partial charge >= 0.3 is 0 Å². The number of hydrogen-bond acceptors (Lipinski definition) is 8. The molecule has 1 aliphatic heterocycles. The first kappa shape index (κ1) is 22.7. The molecule has 1 saturated carbocycles. The number of nitrogens with one attached hydrogen (secondary N) is 4. The molecular weight excluding hydrogens is 440 g/mol. The van der Waals surface area contributed by atoms with Gasteiger partial charge in [-0.1, -0.05) is 12.1 Å². The molecule has 9 heteroatoms. The van der Waals surface area contributed by atoms with Gasteiger partial charge in [0.1, 0.15) is 17.2 Å². The van der Waals surface area contributed by atoms with Crippen molar-refractivity contribution in [2.24, 2.45) is 0 Å². The van der Waals surface area contributed by atoms with E-state index < -0.39 is 5.41 Å². The largest absolute Gasteiger partial charge is 0.350 e. The van der Waals surface area contributed by atoms with Crippen molar-refractivity contribution in [2.45, 2.75) is 51.1 Å². The molecular formula is C26H28N8O. The number of carbonyl (C=O) groups excluding carboxylic acids is 1. The van der Waals surface area contributed by atoms with Gasteiger partial charge in [-0.2, -0.15) is 10.2 Å². The molecule has 4 N–H and O–H groups in total. The van der Waals surface area contributed by atoms with Crippen molar-refractivity contribution in [3.63, 3.8) is 0 Å². The van der Waals surface area contributed by atoms with Crippen molar-refractivity contribution >= 4 is 29.2 Å². The number of aromatic nitrogens is 3. The average molecular weight is 469 g/mol. The fourth-order valence-corrected chi connectivity index (χ4v) is 4.17. The molecule has 0 unspecified atom stereocenters. The first-order valence-corrected chi connectivity index (χ1v) is 11.9. The minimum atomic E-state index is -0.505. The molecule has 1 amide bonds. The topological polar surface area (TPSA) is 128 Å². The van der Waals surface area contributed by atoms with Gasteiger partial charge in [-0.15, -0.1) is 0 Å². The maximum absolute atomic E-state index is 12.9. The average Bonchev–Trinajstić information content (AvgIpc) is 3.65. The maximum atomic E-state index is 12.9. The fourth-order valence-electron chi connectivity index (χ4n) is 4.17. The molecule has 1 fully saturated rings. The Morgan fingerprint density at radius 3 is 2.77 bits per heavy atom. The van der Waals surface area contributed by atoms with Crippen LogP contribution in [-0.4, -0.2) is 33.4 Å². The highest BCUT2D eigenvalue weighted by Crippen LogP contribution is 2.46. The lowest BCUT2D eigenvalue weighted by molar-refractivity contribution is 0.0943. The highest BCUT2D eigenvalue weighted by atomic mass is 16.1. The van der Waals surface area contributed by atoms with Gasteiger partial charge in [0.15, 0.2) is 0 Å². The van der Waals surface area contributed by atoms with E-state index in [0.29, 0.717) is 23.1 Å². The Bertz CT molecular complexity index is 1310. The second-order valence-electron chi connectivity index (χ2n) is 9.35. The second-order valence-corrected chi connectivity index (χ2v) is 9.35. The van der Waals surface area contributed by atoms with E-state index >= 15 is 0 Å². The van der Waals surface area contributed by atoms with E-state index in [1.807, 2.05) is 32.0 Å². The van der Waals surface area contributed by atoms with E-state index in [9.17, 15) is 10.1 Å². The molecule has 9 nitrogen and oxygen atoms in total. The highest BCUT2D eigenvalue weighted by molar-refractivity contribution is 5.99. The Balaban J connectivity index is 1.45. The number of amides is 1. The van der Waals surface area contributed by atoms with Crippen molar-refractivity contribution in [1.29, 1.82) is 5.26 Å². The number of nitriles is 1. The van der Waals surface area contributed by atoms with E-state index in [-0.39, 0.29) is 11.9 Å². The summed E-state index contributed by atoms with van der Waals surface area (Å²) in [5, 5.41) is 22.3. The van der Waals surface area contributed by atoms with Crippen molar-refractivity contribution in [3.8, 4) is 6.07 Å². The van der Waals surface area contributed by atoms with Gasteiger partial charge in [0.2, 0.25) is 5.95 Å².